The first-order valence-electron chi connectivity index (χ1n) is 6.15. The van der Waals surface area contributed by atoms with Crippen LogP contribution in [0.5, 0.6) is 5.88 Å². The fourth-order valence-electron chi connectivity index (χ4n) is 1.99. The van der Waals surface area contributed by atoms with Crippen molar-refractivity contribution < 1.29 is 9.50 Å². The molecule has 0 aliphatic heterocycles. The molecule has 6 heteroatoms. The van der Waals surface area contributed by atoms with Crippen molar-refractivity contribution in [3.8, 4) is 5.88 Å². The highest BCUT2D eigenvalue weighted by molar-refractivity contribution is 6.31. The quantitative estimate of drug-likeness (QED) is 0.915. The van der Waals surface area contributed by atoms with E-state index in [9.17, 15) is 14.3 Å². The van der Waals surface area contributed by atoms with Crippen LogP contribution in [0.1, 0.15) is 36.7 Å². The summed E-state index contributed by atoms with van der Waals surface area (Å²) in [6, 6.07) is 4.33. The van der Waals surface area contributed by atoms with Gasteiger partial charge < -0.3 is 10.1 Å². The molecule has 2 rings (SSSR count). The minimum absolute atomic E-state index is 0.00663. The maximum Gasteiger partial charge on any atom is 0.258 e. The van der Waals surface area contributed by atoms with E-state index in [2.05, 4.69) is 9.97 Å². The Bertz CT molecular complexity index is 678. The second-order valence-corrected chi connectivity index (χ2v) is 5.19. The highest BCUT2D eigenvalue weighted by Gasteiger charge is 2.16. The molecule has 1 heterocycles. The summed E-state index contributed by atoms with van der Waals surface area (Å²) in [5.74, 6) is -0.792. The minimum atomic E-state index is -0.479. The molecule has 1 aromatic carbocycles. The summed E-state index contributed by atoms with van der Waals surface area (Å²) < 4.78 is 13.7. The molecule has 0 aliphatic rings. The van der Waals surface area contributed by atoms with E-state index in [1.807, 2.05) is 0 Å². The summed E-state index contributed by atoms with van der Waals surface area (Å²) in [6.45, 7) is 3.55. The van der Waals surface area contributed by atoms with Gasteiger partial charge in [0.1, 0.15) is 11.6 Å². The fourth-order valence-corrected chi connectivity index (χ4v) is 2.22. The van der Waals surface area contributed by atoms with Crippen molar-refractivity contribution in [2.75, 3.05) is 0 Å². The first kappa shape index (κ1) is 14.5. The summed E-state index contributed by atoms with van der Waals surface area (Å²) in [4.78, 5) is 18.3. The van der Waals surface area contributed by atoms with Gasteiger partial charge in [-0.15, -0.1) is 0 Å². The molecule has 2 N–H and O–H groups in total. The number of aromatic amines is 1. The minimum Gasteiger partial charge on any atom is -0.493 e. The van der Waals surface area contributed by atoms with Crippen molar-refractivity contribution in [3.05, 3.63) is 56.3 Å². The zero-order valence-corrected chi connectivity index (χ0v) is 11.8. The van der Waals surface area contributed by atoms with Crippen molar-refractivity contribution in [2.45, 2.75) is 26.2 Å². The third-order valence-corrected chi connectivity index (χ3v) is 3.32. The van der Waals surface area contributed by atoms with Crippen LogP contribution < -0.4 is 5.56 Å². The van der Waals surface area contributed by atoms with E-state index >= 15 is 0 Å². The molecule has 0 atom stereocenters. The molecule has 106 valence electrons. The summed E-state index contributed by atoms with van der Waals surface area (Å²) in [7, 11) is 0. The van der Waals surface area contributed by atoms with Gasteiger partial charge in [0.25, 0.3) is 5.56 Å². The smallest absolute Gasteiger partial charge is 0.258 e. The van der Waals surface area contributed by atoms with Crippen LogP contribution in [-0.4, -0.2) is 15.1 Å². The Balaban J connectivity index is 2.43. The van der Waals surface area contributed by atoms with Gasteiger partial charge in [-0.1, -0.05) is 31.5 Å². The predicted octanol–water partition coefficient (Wildman–Crippen LogP) is 2.98. The number of nitrogens with one attached hydrogen (secondary N) is 1. The van der Waals surface area contributed by atoms with Crippen LogP contribution >= 0.6 is 11.6 Å². The number of halogens is 2. The highest BCUT2D eigenvalue weighted by Crippen LogP contribution is 2.23. The van der Waals surface area contributed by atoms with E-state index in [-0.39, 0.29) is 40.2 Å². The molecule has 0 radical (unpaired) electrons. The molecule has 20 heavy (non-hydrogen) atoms. The van der Waals surface area contributed by atoms with Crippen molar-refractivity contribution in [1.29, 1.82) is 0 Å². The van der Waals surface area contributed by atoms with Gasteiger partial charge in [-0.3, -0.25) is 4.79 Å². The van der Waals surface area contributed by atoms with Crippen LogP contribution in [-0.2, 0) is 6.42 Å². The van der Waals surface area contributed by atoms with Gasteiger partial charge >= 0.3 is 0 Å². The molecule has 0 saturated heterocycles. The monoisotopic (exact) mass is 296 g/mol. The first-order chi connectivity index (χ1) is 9.40. The molecule has 0 amide bonds. The van der Waals surface area contributed by atoms with Crippen molar-refractivity contribution in [3.63, 3.8) is 0 Å². The lowest BCUT2D eigenvalue weighted by Crippen LogP contribution is -2.18. The molecule has 4 nitrogen and oxygen atoms in total. The van der Waals surface area contributed by atoms with Crippen LogP contribution in [0.15, 0.2) is 23.0 Å². The Hall–Kier alpha value is -1.88. The lowest BCUT2D eigenvalue weighted by molar-refractivity contribution is 0.436. The first-order valence-corrected chi connectivity index (χ1v) is 6.53. The van der Waals surface area contributed by atoms with Gasteiger partial charge in [0, 0.05) is 17.0 Å². The number of benzene rings is 1. The number of H-pyrrole nitrogens is 1. The molecule has 0 fully saturated rings. The van der Waals surface area contributed by atoms with E-state index in [4.69, 9.17) is 11.6 Å². The second kappa shape index (κ2) is 5.63. The van der Waals surface area contributed by atoms with Crippen molar-refractivity contribution in [2.24, 2.45) is 0 Å². The molecule has 0 unspecified atom stereocenters. The Morgan fingerprint density at radius 2 is 2.15 bits per heavy atom. The van der Waals surface area contributed by atoms with Gasteiger partial charge in [0.15, 0.2) is 0 Å². The Kier molecular flexibility index (Phi) is 4.09. The van der Waals surface area contributed by atoms with E-state index < -0.39 is 11.4 Å². The van der Waals surface area contributed by atoms with Gasteiger partial charge in [0.2, 0.25) is 5.88 Å². The number of hydrogen-bond donors (Lipinski definition) is 2. The number of aromatic nitrogens is 2. The van der Waals surface area contributed by atoms with Gasteiger partial charge in [-0.2, -0.15) is 4.98 Å². The SMILES string of the molecule is CC(C)c1c(O)nc(Cc2c(F)cccc2Cl)[nH]c1=O. The maximum atomic E-state index is 13.7. The second-order valence-electron chi connectivity index (χ2n) is 4.78. The fraction of sp³-hybridized carbons (Fsp3) is 0.286. The molecule has 2 aromatic rings. The van der Waals surface area contributed by atoms with Gasteiger partial charge in [-0.05, 0) is 18.1 Å². The molecule has 0 spiro atoms. The topological polar surface area (TPSA) is 66.0 Å². The largest absolute Gasteiger partial charge is 0.493 e. The summed E-state index contributed by atoms with van der Waals surface area (Å²) in [6.07, 6.45) is 0.00663. The third kappa shape index (κ3) is 2.82. The number of nitrogens with zero attached hydrogens (tertiary/aromatic N) is 1. The zero-order valence-electron chi connectivity index (χ0n) is 11.1. The van der Waals surface area contributed by atoms with E-state index in [1.165, 1.54) is 12.1 Å². The average Bonchev–Trinajstić information content (AvgIpc) is 2.32. The summed E-state index contributed by atoms with van der Waals surface area (Å²) in [5, 5.41) is 10.1. The molecular formula is C14H14ClFN2O2. The van der Waals surface area contributed by atoms with Crippen LogP contribution in [0.4, 0.5) is 4.39 Å². The molecule has 0 aliphatic carbocycles. The van der Waals surface area contributed by atoms with Crippen LogP contribution in [0, 0.1) is 5.82 Å². The third-order valence-electron chi connectivity index (χ3n) is 2.97. The van der Waals surface area contributed by atoms with Crippen LogP contribution in [0.25, 0.3) is 0 Å². The van der Waals surface area contributed by atoms with Gasteiger partial charge in [-0.25, -0.2) is 4.39 Å². The predicted molar refractivity (Wildman–Crippen MR) is 74.8 cm³/mol. The average molecular weight is 297 g/mol. The number of aromatic hydroxyl groups is 1. The molecule has 1 aromatic heterocycles. The lowest BCUT2D eigenvalue weighted by Gasteiger charge is -2.09. The Morgan fingerprint density at radius 1 is 1.45 bits per heavy atom. The van der Waals surface area contributed by atoms with E-state index in [1.54, 1.807) is 19.9 Å². The normalized spacial score (nSPS) is 11.1. The maximum absolute atomic E-state index is 13.7. The molecule has 0 saturated carbocycles. The highest BCUT2D eigenvalue weighted by atomic mass is 35.5. The van der Waals surface area contributed by atoms with Crippen LogP contribution in [0.3, 0.4) is 0 Å². The van der Waals surface area contributed by atoms with E-state index in [0.29, 0.717) is 0 Å². The summed E-state index contributed by atoms with van der Waals surface area (Å²) in [5.41, 5.74) is 0.0253. The lowest BCUT2D eigenvalue weighted by atomic mass is 10.1. The molecular weight excluding hydrogens is 283 g/mol. The van der Waals surface area contributed by atoms with Gasteiger partial charge in [0.05, 0.1) is 5.56 Å². The standard InChI is InChI=1S/C14H14ClFN2O2/c1-7(2)12-13(19)17-11(18-14(12)20)6-8-9(15)4-3-5-10(8)16/h3-5,7H,6H2,1-2H3,(H2,17,18,19,20). The summed E-state index contributed by atoms with van der Waals surface area (Å²) >= 11 is 5.92. The number of hydrogen-bond acceptors (Lipinski definition) is 3. The van der Waals surface area contributed by atoms with Crippen LogP contribution in [0.2, 0.25) is 5.02 Å². The van der Waals surface area contributed by atoms with Crippen molar-refractivity contribution >= 4 is 11.6 Å². The zero-order chi connectivity index (χ0) is 14.9. The Labute approximate surface area is 120 Å². The Morgan fingerprint density at radius 3 is 2.70 bits per heavy atom. The van der Waals surface area contributed by atoms with E-state index in [0.717, 1.165) is 0 Å². The van der Waals surface area contributed by atoms with Crippen molar-refractivity contribution in [1.82, 2.24) is 9.97 Å². The molecule has 0 bridgehead atoms. The number of rotatable bonds is 3.